The largest absolute Gasteiger partial charge is 0.496 e. The van der Waals surface area contributed by atoms with E-state index in [4.69, 9.17) is 9.57 Å². The predicted molar refractivity (Wildman–Crippen MR) is 225 cm³/mol. The van der Waals surface area contributed by atoms with Gasteiger partial charge in [0.2, 0.25) is 5.91 Å². The van der Waals surface area contributed by atoms with Crippen LogP contribution in [-0.2, 0) is 22.6 Å². The van der Waals surface area contributed by atoms with Crippen molar-refractivity contribution >= 4 is 17.5 Å². The zero-order chi connectivity index (χ0) is 41.3. The number of rotatable bonds is 15. The quantitative estimate of drug-likeness (QED) is 0.188. The summed E-state index contributed by atoms with van der Waals surface area (Å²) in [6.07, 6.45) is 1.23. The van der Waals surface area contributed by atoms with Gasteiger partial charge in [0.15, 0.2) is 0 Å². The lowest BCUT2D eigenvalue weighted by molar-refractivity contribution is -0.183. The van der Waals surface area contributed by atoms with E-state index in [0.717, 1.165) is 41.8 Å². The van der Waals surface area contributed by atoms with E-state index < -0.39 is 24.2 Å². The number of para-hydroxylation sites is 1. The molecule has 2 amide bonds. The Bertz CT molecular complexity index is 1870. The average Bonchev–Trinajstić information content (AvgIpc) is 3.56. The lowest BCUT2D eigenvalue weighted by Gasteiger charge is -2.62. The van der Waals surface area contributed by atoms with Gasteiger partial charge < -0.3 is 35.0 Å². The number of nitrogens with zero attached hydrogens (tertiary/aromatic N) is 4. The standard InChI is InChI=1S/C46H65N5O6/c1-28-37-23-33(46(37,3)4)24-38(28)47-44(54)42-41(29(2)53)40(27-52)57-51(42)25-32-17-14-18-35(43(32)56-10)31-19-20-36(39(22-31)49(7)8)45(55)50(9)34(26-48(5)6)21-30-15-12-11-13-16-30/h11-20,22,28-29,33-34,37-38,40-42,52-53H,21,23-27H2,1-10H3,(H,47,54)/t28-,29-,33+,34-,37+,38?,40-,41-,42-/m0/s1. The molecule has 2 bridgehead atoms. The molecule has 0 aromatic heterocycles. The van der Waals surface area contributed by atoms with Crippen LogP contribution in [0.5, 0.6) is 5.75 Å². The highest BCUT2D eigenvalue weighted by atomic mass is 16.7. The number of hydroxylamine groups is 2. The number of likely N-dealkylation sites (N-methyl/N-ethyl adjacent to an activating group) is 2. The van der Waals surface area contributed by atoms with E-state index in [-0.39, 0.29) is 42.5 Å². The van der Waals surface area contributed by atoms with Crippen LogP contribution in [0.2, 0.25) is 0 Å². The maximum absolute atomic E-state index is 14.3. The molecule has 4 fully saturated rings. The minimum atomic E-state index is -0.895. The summed E-state index contributed by atoms with van der Waals surface area (Å²) in [6, 6.07) is 21.2. The first-order valence-corrected chi connectivity index (χ1v) is 20.5. The van der Waals surface area contributed by atoms with Gasteiger partial charge in [0.05, 0.1) is 31.9 Å². The first-order valence-electron chi connectivity index (χ1n) is 20.5. The number of amides is 2. The second-order valence-corrected chi connectivity index (χ2v) is 17.9. The fraction of sp³-hybridized carbons (Fsp3) is 0.565. The van der Waals surface area contributed by atoms with Crippen LogP contribution in [0.3, 0.4) is 0 Å². The van der Waals surface area contributed by atoms with Gasteiger partial charge >= 0.3 is 0 Å². The van der Waals surface area contributed by atoms with Crippen molar-refractivity contribution in [1.29, 1.82) is 0 Å². The number of hydrogen-bond donors (Lipinski definition) is 3. The number of ether oxygens (including phenoxy) is 1. The van der Waals surface area contributed by atoms with E-state index in [1.165, 1.54) is 12.0 Å². The summed E-state index contributed by atoms with van der Waals surface area (Å²) in [5, 5.41) is 26.3. The number of aliphatic hydroxyl groups is 2. The van der Waals surface area contributed by atoms with E-state index in [2.05, 4.69) is 43.1 Å². The second-order valence-electron chi connectivity index (χ2n) is 17.9. The SMILES string of the molecule is COc1c(CN2O[C@@H](CO)[C@H]([C@H](C)O)[C@H]2C(=O)NC2C[C@H]3C[C@H]([C@@H]2C)C3(C)C)cccc1-c1ccc(C(=O)N(C)[C@@H](Cc2ccccc2)CN(C)C)c(N(C)C)c1. The number of nitrogens with one attached hydrogen (secondary N) is 1. The van der Waals surface area contributed by atoms with Crippen LogP contribution in [0.4, 0.5) is 5.69 Å². The Hall–Kier alpha value is -4.00. The van der Waals surface area contributed by atoms with Crippen molar-refractivity contribution < 1.29 is 29.4 Å². The molecule has 11 nitrogen and oxygen atoms in total. The fourth-order valence-electron chi connectivity index (χ4n) is 10.1. The first-order chi connectivity index (χ1) is 27.1. The minimum Gasteiger partial charge on any atom is -0.496 e. The Kier molecular flexibility index (Phi) is 13.1. The maximum Gasteiger partial charge on any atom is 0.256 e. The topological polar surface area (TPSA) is 118 Å². The van der Waals surface area contributed by atoms with Crippen molar-refractivity contribution in [1.82, 2.24) is 20.2 Å². The number of carbonyl (C=O) groups excluding carboxylic acids is 2. The highest BCUT2D eigenvalue weighted by molar-refractivity contribution is 6.01. The van der Waals surface area contributed by atoms with Gasteiger partial charge in [0.25, 0.3) is 5.91 Å². The van der Waals surface area contributed by atoms with E-state index in [1.54, 1.807) is 19.1 Å². The van der Waals surface area contributed by atoms with Gasteiger partial charge in [0, 0.05) is 62.5 Å². The summed E-state index contributed by atoms with van der Waals surface area (Å²) in [5.41, 5.74) is 5.31. The highest BCUT2D eigenvalue weighted by Crippen LogP contribution is 2.61. The molecule has 1 saturated heterocycles. The van der Waals surface area contributed by atoms with Crippen molar-refractivity contribution in [3.8, 4) is 16.9 Å². The van der Waals surface area contributed by atoms with Gasteiger partial charge in [-0.25, -0.2) is 0 Å². The summed E-state index contributed by atoms with van der Waals surface area (Å²) in [4.78, 5) is 40.8. The third-order valence-corrected chi connectivity index (χ3v) is 13.5. The second kappa shape index (κ2) is 17.5. The Balaban J connectivity index is 1.27. The number of benzene rings is 3. The Morgan fingerprint density at radius 3 is 2.33 bits per heavy atom. The number of hydrogen-bond acceptors (Lipinski definition) is 9. The number of anilines is 1. The third-order valence-electron chi connectivity index (χ3n) is 13.5. The van der Waals surface area contributed by atoms with Crippen LogP contribution in [-0.4, -0.2) is 123 Å². The number of carbonyl (C=O) groups is 2. The molecule has 57 heavy (non-hydrogen) atoms. The zero-order valence-electron chi connectivity index (χ0n) is 35.6. The summed E-state index contributed by atoms with van der Waals surface area (Å²) in [7, 11) is 11.4. The average molecular weight is 784 g/mol. The normalized spacial score (nSPS) is 26.4. The maximum atomic E-state index is 14.3. The molecule has 0 spiro atoms. The fourth-order valence-corrected chi connectivity index (χ4v) is 10.1. The van der Waals surface area contributed by atoms with Gasteiger partial charge in [0.1, 0.15) is 17.9 Å². The molecule has 310 valence electrons. The Labute approximate surface area is 339 Å². The lowest BCUT2D eigenvalue weighted by atomic mass is 9.45. The van der Waals surface area contributed by atoms with E-state index >= 15 is 0 Å². The molecule has 7 rings (SSSR count). The molecule has 3 aliphatic carbocycles. The van der Waals surface area contributed by atoms with Crippen molar-refractivity contribution in [3.63, 3.8) is 0 Å². The minimum absolute atomic E-state index is 0.0391. The van der Waals surface area contributed by atoms with Gasteiger partial charge in [-0.05, 0) is 86.7 Å². The summed E-state index contributed by atoms with van der Waals surface area (Å²) in [5.74, 6) is 1.19. The van der Waals surface area contributed by atoms with Crippen LogP contribution in [0, 0.1) is 29.1 Å². The lowest BCUT2D eigenvalue weighted by Crippen LogP contribution is -2.62. The van der Waals surface area contributed by atoms with E-state index in [0.29, 0.717) is 29.1 Å². The van der Waals surface area contributed by atoms with Crippen LogP contribution < -0.4 is 15.0 Å². The van der Waals surface area contributed by atoms with Crippen LogP contribution >= 0.6 is 0 Å². The first kappa shape index (κ1) is 42.6. The molecule has 1 aliphatic heterocycles. The highest BCUT2D eigenvalue weighted by Gasteiger charge is 2.57. The summed E-state index contributed by atoms with van der Waals surface area (Å²) < 4.78 is 6.10. The Morgan fingerprint density at radius 1 is 1.02 bits per heavy atom. The molecule has 0 radical (unpaired) electrons. The van der Waals surface area contributed by atoms with Crippen LogP contribution in [0.15, 0.2) is 66.7 Å². The summed E-state index contributed by atoms with van der Waals surface area (Å²) >= 11 is 0. The van der Waals surface area contributed by atoms with E-state index in [9.17, 15) is 19.8 Å². The van der Waals surface area contributed by atoms with Crippen molar-refractivity contribution in [3.05, 3.63) is 83.4 Å². The molecule has 3 aromatic rings. The molecule has 9 atom stereocenters. The van der Waals surface area contributed by atoms with Gasteiger partial charge in [-0.15, -0.1) is 0 Å². The molecular weight excluding hydrogens is 719 g/mol. The molecule has 3 N–H and O–H groups in total. The molecule has 3 aromatic carbocycles. The van der Waals surface area contributed by atoms with Crippen LogP contribution in [0.1, 0.15) is 62.0 Å². The van der Waals surface area contributed by atoms with Crippen molar-refractivity contribution in [2.45, 2.75) is 83.8 Å². The number of fused-ring (bicyclic) bond motifs is 2. The zero-order valence-corrected chi connectivity index (χ0v) is 35.6. The van der Waals surface area contributed by atoms with E-state index in [1.807, 2.05) is 99.6 Å². The van der Waals surface area contributed by atoms with Gasteiger partial charge in [-0.3, -0.25) is 14.4 Å². The molecule has 3 saturated carbocycles. The smallest absolute Gasteiger partial charge is 0.256 e. The molecule has 4 aliphatic rings. The van der Waals surface area contributed by atoms with Gasteiger partial charge in [-0.2, -0.15) is 5.06 Å². The molecule has 11 heteroatoms. The molecular formula is C46H65N5O6. The van der Waals surface area contributed by atoms with Gasteiger partial charge in [-0.1, -0.05) is 75.4 Å². The Morgan fingerprint density at radius 2 is 1.74 bits per heavy atom. The summed E-state index contributed by atoms with van der Waals surface area (Å²) in [6.45, 7) is 9.15. The molecule has 1 unspecified atom stereocenters. The monoisotopic (exact) mass is 783 g/mol. The van der Waals surface area contributed by atoms with Crippen LogP contribution in [0.25, 0.3) is 11.1 Å². The number of aliphatic hydroxyl groups excluding tert-OH is 2. The third kappa shape index (κ3) is 8.59. The predicted octanol–water partition coefficient (Wildman–Crippen LogP) is 5.33. The van der Waals surface area contributed by atoms with Crippen molar-refractivity contribution in [2.75, 3.05) is 60.4 Å². The number of methoxy groups -OCH3 is 1. The molecule has 1 heterocycles. The van der Waals surface area contributed by atoms with Crippen molar-refractivity contribution in [2.24, 2.45) is 29.1 Å².